The van der Waals surface area contributed by atoms with E-state index in [1.807, 2.05) is 12.1 Å². The summed E-state index contributed by atoms with van der Waals surface area (Å²) < 4.78 is 66.5. The highest BCUT2D eigenvalue weighted by Crippen LogP contribution is 2.44. The van der Waals surface area contributed by atoms with Crippen LogP contribution in [0.5, 0.6) is 0 Å². The second-order valence-corrected chi connectivity index (χ2v) is 11.8. The molecule has 1 saturated heterocycles. The van der Waals surface area contributed by atoms with Gasteiger partial charge in [0.25, 0.3) is 0 Å². The van der Waals surface area contributed by atoms with Crippen LogP contribution < -0.4 is 16.4 Å². The van der Waals surface area contributed by atoms with E-state index in [0.717, 1.165) is 56.9 Å². The molecule has 0 spiro atoms. The first kappa shape index (κ1) is 26.0. The van der Waals surface area contributed by atoms with Crippen molar-refractivity contribution in [3.05, 3.63) is 53.1 Å². The van der Waals surface area contributed by atoms with Crippen LogP contribution >= 0.6 is 0 Å². The molecule has 1 unspecified atom stereocenters. The molecule has 13 heteroatoms. The Balaban J connectivity index is 1.48. The molecule has 0 aromatic heterocycles. The maximum atomic E-state index is 13.8. The third-order valence-corrected chi connectivity index (χ3v) is 8.50. The fourth-order valence-corrected chi connectivity index (χ4v) is 6.31. The number of nitrogens with zero attached hydrogens (tertiary/aromatic N) is 4. The van der Waals surface area contributed by atoms with Crippen molar-refractivity contribution in [2.75, 3.05) is 26.7 Å². The van der Waals surface area contributed by atoms with Crippen LogP contribution in [0.15, 0.2) is 51.6 Å². The van der Waals surface area contributed by atoms with E-state index in [1.165, 1.54) is 18.1 Å². The summed E-state index contributed by atoms with van der Waals surface area (Å²) in [5, 5.41) is 14.3. The zero-order valence-electron chi connectivity index (χ0n) is 20.4. The Morgan fingerprint density at radius 1 is 1.11 bits per heavy atom. The number of alkyl halides is 3. The van der Waals surface area contributed by atoms with Gasteiger partial charge in [0.2, 0.25) is 10.0 Å². The second kappa shape index (κ2) is 9.31. The van der Waals surface area contributed by atoms with E-state index in [1.54, 1.807) is 12.1 Å². The van der Waals surface area contributed by atoms with Crippen LogP contribution in [0.4, 0.5) is 13.2 Å². The van der Waals surface area contributed by atoms with Crippen LogP contribution in [-0.2, 0) is 16.2 Å². The number of hydrogen-bond acceptors (Lipinski definition) is 8. The van der Waals surface area contributed by atoms with E-state index >= 15 is 0 Å². The summed E-state index contributed by atoms with van der Waals surface area (Å²) in [7, 11) is -3.26. The van der Waals surface area contributed by atoms with E-state index in [9.17, 15) is 21.6 Å². The molecule has 2 fully saturated rings. The predicted octanol–water partition coefficient (Wildman–Crippen LogP) is 3.51. The highest BCUT2D eigenvalue weighted by molar-refractivity contribution is 7.89. The minimum atomic E-state index is -4.93. The van der Waals surface area contributed by atoms with Crippen LogP contribution in [-0.4, -0.2) is 50.5 Å². The molecule has 9 nitrogen and oxygen atoms in total. The third-order valence-electron chi connectivity index (χ3n) is 7.49. The molecule has 3 aliphatic rings. The molecule has 1 atom stereocenters. The number of piperidine rings is 1. The zero-order valence-corrected chi connectivity index (χ0v) is 21.2. The van der Waals surface area contributed by atoms with E-state index in [0.29, 0.717) is 11.5 Å². The lowest BCUT2D eigenvalue weighted by Gasteiger charge is -2.33. The van der Waals surface area contributed by atoms with Crippen molar-refractivity contribution in [1.82, 2.24) is 15.4 Å². The van der Waals surface area contributed by atoms with Gasteiger partial charge in [0.1, 0.15) is 4.90 Å². The summed E-state index contributed by atoms with van der Waals surface area (Å²) in [5.74, 6) is 0.365. The molecule has 1 saturated carbocycles. The topological polar surface area (TPSA) is 129 Å². The number of hydrogen-bond donors (Lipinski definition) is 3. The average Bonchev–Trinajstić information content (AvgIpc) is 3.40. The maximum Gasteiger partial charge on any atom is 0.417 e. The Morgan fingerprint density at radius 3 is 2.27 bits per heavy atom. The Labute approximate surface area is 213 Å². The molecule has 0 bridgehead atoms. The largest absolute Gasteiger partial charge is 0.417 e. The van der Waals surface area contributed by atoms with Gasteiger partial charge in [0.05, 0.1) is 5.56 Å². The van der Waals surface area contributed by atoms with E-state index in [4.69, 9.17) is 10.9 Å². The highest BCUT2D eigenvalue weighted by atomic mass is 32.2. The van der Waals surface area contributed by atoms with Crippen molar-refractivity contribution in [1.29, 1.82) is 0 Å². The van der Waals surface area contributed by atoms with E-state index < -0.39 is 32.8 Å². The maximum absolute atomic E-state index is 13.8. The minimum absolute atomic E-state index is 0.00775. The summed E-state index contributed by atoms with van der Waals surface area (Å²) in [6.07, 6.45) is -1.89. The summed E-state index contributed by atoms with van der Waals surface area (Å²) in [6, 6.07) is 9.54. The van der Waals surface area contributed by atoms with Gasteiger partial charge in [-0.1, -0.05) is 35.6 Å². The molecular weight excluding hydrogens is 507 g/mol. The number of primary sulfonamides is 1. The summed E-state index contributed by atoms with van der Waals surface area (Å²) in [4.78, 5) is 1.42. The van der Waals surface area contributed by atoms with Gasteiger partial charge in [-0.05, 0) is 67.4 Å². The van der Waals surface area contributed by atoms with Crippen LogP contribution in [0, 0.1) is 0 Å². The van der Waals surface area contributed by atoms with Crippen molar-refractivity contribution < 1.29 is 21.6 Å². The number of nitrogens with two attached hydrogens (primary N) is 2. The lowest BCUT2D eigenvalue weighted by molar-refractivity contribution is -0.140. The quantitative estimate of drug-likeness (QED) is 0.517. The van der Waals surface area contributed by atoms with Crippen molar-refractivity contribution in [3.63, 3.8) is 0 Å². The standard InChI is InChI=1S/C24H30F3N7O2S/c1-33-22(30-31-32-33)20-18(6-7-19(24(25,26)27)21(20)37(29,35)36)17-4-2-15(3-5-17)16-8-12-34(13-9-16)14-23(28)10-11-23/h2-7,16,22H,8-14,28H2,1H3,(H,30,32)(H2,29,35,36). The van der Waals surface area contributed by atoms with Crippen molar-refractivity contribution in [3.8, 4) is 11.1 Å². The molecule has 2 aromatic carbocycles. The number of nitrogens with one attached hydrogen (secondary N) is 1. The lowest BCUT2D eigenvalue weighted by Crippen LogP contribution is -2.43. The number of hydrazine groups is 1. The second-order valence-electron chi connectivity index (χ2n) is 10.3. The number of likely N-dealkylation sites (tertiary alicyclic amines) is 1. The number of sulfonamides is 1. The van der Waals surface area contributed by atoms with Gasteiger partial charge in [-0.3, -0.25) is 0 Å². The SMILES string of the molecule is CN1NN=NC1c1c(-c2ccc(C3CCN(CC4(N)CC4)CC3)cc2)ccc(C(F)(F)F)c1S(N)(=O)=O. The molecule has 37 heavy (non-hydrogen) atoms. The molecule has 1 aliphatic carbocycles. The Hall–Kier alpha value is -2.58. The molecule has 0 amide bonds. The molecule has 2 heterocycles. The molecule has 200 valence electrons. The lowest BCUT2D eigenvalue weighted by atomic mass is 9.87. The molecule has 5 N–H and O–H groups in total. The van der Waals surface area contributed by atoms with E-state index in [-0.39, 0.29) is 16.7 Å². The first-order valence-corrected chi connectivity index (χ1v) is 13.7. The van der Waals surface area contributed by atoms with Gasteiger partial charge in [0.15, 0.2) is 6.17 Å². The molecule has 2 aromatic rings. The normalized spacial score (nSPS) is 22.8. The zero-order chi connectivity index (χ0) is 26.6. The first-order valence-electron chi connectivity index (χ1n) is 12.1. The van der Waals surface area contributed by atoms with Gasteiger partial charge < -0.3 is 10.6 Å². The average molecular weight is 538 g/mol. The van der Waals surface area contributed by atoms with E-state index in [2.05, 4.69) is 20.8 Å². The Morgan fingerprint density at radius 2 is 1.76 bits per heavy atom. The van der Waals surface area contributed by atoms with Gasteiger partial charge >= 0.3 is 6.18 Å². The van der Waals surface area contributed by atoms with Crippen molar-refractivity contribution in [2.45, 2.75) is 54.4 Å². The summed E-state index contributed by atoms with van der Waals surface area (Å²) in [5.41, 5.74) is 9.25. The minimum Gasteiger partial charge on any atom is -0.324 e. The van der Waals surface area contributed by atoms with Gasteiger partial charge in [-0.15, -0.1) is 5.11 Å². The molecular formula is C24H30F3N7O2S. The monoisotopic (exact) mass is 537 g/mol. The predicted molar refractivity (Wildman–Crippen MR) is 131 cm³/mol. The smallest absolute Gasteiger partial charge is 0.324 e. The molecule has 5 rings (SSSR count). The molecule has 0 radical (unpaired) electrons. The summed E-state index contributed by atoms with van der Waals surface area (Å²) >= 11 is 0. The highest BCUT2D eigenvalue weighted by Gasteiger charge is 2.42. The number of halogens is 3. The van der Waals surface area contributed by atoms with Crippen LogP contribution in [0.3, 0.4) is 0 Å². The number of rotatable bonds is 6. The van der Waals surface area contributed by atoms with Crippen LogP contribution in [0.1, 0.15) is 54.5 Å². The van der Waals surface area contributed by atoms with Crippen molar-refractivity contribution in [2.24, 2.45) is 21.2 Å². The fraction of sp³-hybridized carbons (Fsp3) is 0.500. The fourth-order valence-electron chi connectivity index (χ4n) is 5.30. The van der Waals surface area contributed by atoms with Crippen LogP contribution in [0.25, 0.3) is 11.1 Å². The molecule has 2 aliphatic heterocycles. The van der Waals surface area contributed by atoms with Gasteiger partial charge in [-0.2, -0.15) is 18.2 Å². The summed E-state index contributed by atoms with van der Waals surface area (Å²) in [6.45, 7) is 2.87. The third kappa shape index (κ3) is 5.36. The Bertz CT molecular complexity index is 1300. The Kier molecular flexibility index (Phi) is 6.55. The first-order chi connectivity index (χ1) is 17.4. The van der Waals surface area contributed by atoms with Crippen LogP contribution in [0.2, 0.25) is 0 Å². The van der Waals surface area contributed by atoms with Gasteiger partial charge in [0, 0.05) is 24.7 Å². The van der Waals surface area contributed by atoms with Gasteiger partial charge in [-0.25, -0.2) is 19.1 Å². The van der Waals surface area contributed by atoms with Crippen molar-refractivity contribution >= 4 is 10.0 Å². The number of benzene rings is 2.